The van der Waals surface area contributed by atoms with E-state index in [0.717, 1.165) is 25.0 Å². The van der Waals surface area contributed by atoms with Crippen molar-refractivity contribution in [3.05, 3.63) is 24.3 Å². The highest BCUT2D eigenvalue weighted by Gasteiger charge is 1.99. The maximum Gasteiger partial charge on any atom is 0.331 e. The fourth-order valence-electron chi connectivity index (χ4n) is 1.41. The summed E-state index contributed by atoms with van der Waals surface area (Å²) in [7, 11) is 0. The first-order chi connectivity index (χ1) is 9.70. The minimum Gasteiger partial charge on any atom is -0.463 e. The first kappa shape index (κ1) is 18.4. The number of unbranched alkanes of at least 4 members (excludes halogenated alkanes) is 3. The first-order valence-corrected chi connectivity index (χ1v) is 7.37. The number of ether oxygens (including phenoxy) is 2. The van der Waals surface area contributed by atoms with E-state index in [2.05, 4.69) is 13.0 Å². The predicted molar refractivity (Wildman–Crippen MR) is 79.2 cm³/mol. The van der Waals surface area contributed by atoms with Gasteiger partial charge in [-0.05, 0) is 25.7 Å². The molecule has 0 rings (SSSR count). The predicted octanol–water partition coefficient (Wildman–Crippen LogP) is 3.57. The van der Waals surface area contributed by atoms with E-state index in [1.54, 1.807) is 0 Å². The summed E-state index contributed by atoms with van der Waals surface area (Å²) >= 11 is 0. The van der Waals surface area contributed by atoms with Crippen molar-refractivity contribution in [3.8, 4) is 0 Å². The lowest BCUT2D eigenvalue weighted by Gasteiger charge is -1.99. The Morgan fingerprint density at radius 2 is 1.40 bits per heavy atom. The molecule has 0 saturated heterocycles. The zero-order valence-corrected chi connectivity index (χ0v) is 12.6. The number of hydrogen-bond acceptors (Lipinski definition) is 4. The first-order valence-electron chi connectivity index (χ1n) is 7.37. The summed E-state index contributed by atoms with van der Waals surface area (Å²) in [5, 5.41) is 0. The highest BCUT2D eigenvalue weighted by Crippen LogP contribution is 2.00. The van der Waals surface area contributed by atoms with E-state index in [0.29, 0.717) is 19.6 Å². The van der Waals surface area contributed by atoms with Crippen molar-refractivity contribution < 1.29 is 19.1 Å². The maximum absolute atomic E-state index is 11.3. The van der Waals surface area contributed by atoms with Gasteiger partial charge in [0.1, 0.15) is 0 Å². The molecule has 0 aromatic carbocycles. The summed E-state index contributed by atoms with van der Waals surface area (Å²) in [6.07, 6.45) is 12.5. The van der Waals surface area contributed by atoms with Crippen LogP contribution in [-0.2, 0) is 19.1 Å². The van der Waals surface area contributed by atoms with Gasteiger partial charge in [-0.25, -0.2) is 9.59 Å². The third-order valence-electron chi connectivity index (χ3n) is 2.47. The third-order valence-corrected chi connectivity index (χ3v) is 2.47. The Bertz CT molecular complexity index is 318. The van der Waals surface area contributed by atoms with Crippen molar-refractivity contribution in [1.29, 1.82) is 0 Å². The highest BCUT2D eigenvalue weighted by molar-refractivity contribution is 5.91. The van der Waals surface area contributed by atoms with Crippen LogP contribution in [-0.4, -0.2) is 25.2 Å². The Labute approximate surface area is 121 Å². The van der Waals surface area contributed by atoms with E-state index in [-0.39, 0.29) is 0 Å². The Hall–Kier alpha value is -1.58. The molecule has 0 aliphatic carbocycles. The van der Waals surface area contributed by atoms with Gasteiger partial charge in [0.15, 0.2) is 0 Å². The van der Waals surface area contributed by atoms with Crippen molar-refractivity contribution in [3.63, 3.8) is 0 Å². The molecule has 0 unspecified atom stereocenters. The minimum absolute atomic E-state index is 0.331. The minimum atomic E-state index is -0.516. The van der Waals surface area contributed by atoms with Gasteiger partial charge < -0.3 is 9.47 Å². The number of rotatable bonds is 11. The number of hydrogen-bond donors (Lipinski definition) is 0. The Balaban J connectivity index is 3.58. The van der Waals surface area contributed by atoms with E-state index in [1.807, 2.05) is 13.0 Å². The molecule has 0 fully saturated rings. The average Bonchev–Trinajstić information content (AvgIpc) is 2.45. The molecule has 20 heavy (non-hydrogen) atoms. The smallest absolute Gasteiger partial charge is 0.331 e. The molecule has 0 N–H and O–H groups in total. The average molecular weight is 282 g/mol. The molecule has 0 saturated carbocycles. The zero-order valence-electron chi connectivity index (χ0n) is 12.6. The van der Waals surface area contributed by atoms with E-state index < -0.39 is 11.9 Å². The summed E-state index contributed by atoms with van der Waals surface area (Å²) in [5.74, 6) is -1.03. The van der Waals surface area contributed by atoms with Crippen LogP contribution in [0, 0.1) is 0 Å². The largest absolute Gasteiger partial charge is 0.463 e. The van der Waals surface area contributed by atoms with Gasteiger partial charge >= 0.3 is 11.9 Å². The van der Waals surface area contributed by atoms with Crippen molar-refractivity contribution in [2.45, 2.75) is 52.4 Å². The summed E-state index contributed by atoms with van der Waals surface area (Å²) < 4.78 is 9.73. The number of carbonyl (C=O) groups excluding carboxylic acids is 2. The van der Waals surface area contributed by atoms with E-state index in [1.165, 1.54) is 19.3 Å². The number of carbonyl (C=O) groups is 2. The molecule has 4 heteroatoms. The fourth-order valence-corrected chi connectivity index (χ4v) is 1.41. The van der Waals surface area contributed by atoms with Gasteiger partial charge in [-0.2, -0.15) is 0 Å². The molecule has 0 aliphatic heterocycles. The fraction of sp³-hybridized carbons (Fsp3) is 0.625. The summed E-state index contributed by atoms with van der Waals surface area (Å²) in [4.78, 5) is 22.3. The molecule has 0 heterocycles. The van der Waals surface area contributed by atoms with Crippen molar-refractivity contribution in [2.75, 3.05) is 13.2 Å². The Morgan fingerprint density at radius 3 is 2.00 bits per heavy atom. The standard InChI is InChI=1S/C16H26O4/c1-3-5-6-7-8-9-10-14-20-16(18)12-11-15(17)19-13-4-2/h8-9,11-12H,3-7,10,13-14H2,1-2H3/b9-8-,12-11+. The zero-order chi connectivity index (χ0) is 15.1. The molecule has 114 valence electrons. The summed E-state index contributed by atoms with van der Waals surface area (Å²) in [6.45, 7) is 4.77. The maximum atomic E-state index is 11.3. The van der Waals surface area contributed by atoms with Gasteiger partial charge in [0, 0.05) is 12.2 Å². The van der Waals surface area contributed by atoms with Crippen LogP contribution in [0.3, 0.4) is 0 Å². The second-order valence-electron chi connectivity index (χ2n) is 4.42. The molecule has 0 aliphatic rings. The van der Waals surface area contributed by atoms with Crippen LogP contribution in [0.1, 0.15) is 52.4 Å². The van der Waals surface area contributed by atoms with Gasteiger partial charge in [0.2, 0.25) is 0 Å². The summed E-state index contributed by atoms with van der Waals surface area (Å²) in [6, 6.07) is 0. The molecular weight excluding hydrogens is 256 g/mol. The normalized spacial score (nSPS) is 11.1. The van der Waals surface area contributed by atoms with Gasteiger partial charge in [0.05, 0.1) is 13.2 Å². The Kier molecular flexibility index (Phi) is 12.7. The van der Waals surface area contributed by atoms with Gasteiger partial charge in [0.25, 0.3) is 0 Å². The molecule has 0 atom stereocenters. The van der Waals surface area contributed by atoms with Crippen molar-refractivity contribution in [2.24, 2.45) is 0 Å². The van der Waals surface area contributed by atoms with Gasteiger partial charge in [-0.15, -0.1) is 0 Å². The molecule has 4 nitrogen and oxygen atoms in total. The van der Waals surface area contributed by atoms with Crippen LogP contribution in [0.2, 0.25) is 0 Å². The molecule has 0 amide bonds. The van der Waals surface area contributed by atoms with Crippen LogP contribution < -0.4 is 0 Å². The molecule has 0 spiro atoms. The molecule has 0 radical (unpaired) electrons. The Morgan fingerprint density at radius 1 is 0.800 bits per heavy atom. The molecule has 0 aromatic heterocycles. The third kappa shape index (κ3) is 12.9. The van der Waals surface area contributed by atoms with Crippen molar-refractivity contribution in [1.82, 2.24) is 0 Å². The summed E-state index contributed by atoms with van der Waals surface area (Å²) in [5.41, 5.74) is 0. The highest BCUT2D eigenvalue weighted by atomic mass is 16.5. The van der Waals surface area contributed by atoms with Crippen LogP contribution in [0.4, 0.5) is 0 Å². The number of allylic oxidation sites excluding steroid dienone is 1. The topological polar surface area (TPSA) is 52.6 Å². The SMILES string of the molecule is CCCCC/C=C\CCOC(=O)/C=C/C(=O)OCCC. The van der Waals surface area contributed by atoms with E-state index in [4.69, 9.17) is 9.47 Å². The van der Waals surface area contributed by atoms with Crippen LogP contribution in [0.15, 0.2) is 24.3 Å². The van der Waals surface area contributed by atoms with Gasteiger partial charge in [-0.3, -0.25) is 0 Å². The van der Waals surface area contributed by atoms with E-state index >= 15 is 0 Å². The molecule has 0 bridgehead atoms. The lowest BCUT2D eigenvalue weighted by atomic mass is 10.2. The lowest BCUT2D eigenvalue weighted by Crippen LogP contribution is -2.05. The molecular formula is C16H26O4. The van der Waals surface area contributed by atoms with Gasteiger partial charge in [-0.1, -0.05) is 38.8 Å². The van der Waals surface area contributed by atoms with Crippen LogP contribution in [0.5, 0.6) is 0 Å². The van der Waals surface area contributed by atoms with Crippen LogP contribution >= 0.6 is 0 Å². The molecule has 0 aromatic rings. The van der Waals surface area contributed by atoms with Crippen molar-refractivity contribution >= 4 is 11.9 Å². The lowest BCUT2D eigenvalue weighted by molar-refractivity contribution is -0.140. The van der Waals surface area contributed by atoms with Crippen LogP contribution in [0.25, 0.3) is 0 Å². The number of esters is 2. The second-order valence-corrected chi connectivity index (χ2v) is 4.42. The quantitative estimate of drug-likeness (QED) is 0.252. The second kappa shape index (κ2) is 13.8. The monoisotopic (exact) mass is 282 g/mol. The van der Waals surface area contributed by atoms with E-state index in [9.17, 15) is 9.59 Å².